The standard InChI is InChI=1S/C25H26O4/c1-13(2)28-23(26)19-21-16-10-6-5-9-15(16)20-17-11-7-8-12-18(17)25(20,21)22(19)24(27)29-14(3)4/h5-14,19-22H,1-4H3/t19-,20+,21-,22+,25+/m1/s1. The molecule has 0 bridgehead atoms. The van der Waals surface area contributed by atoms with Crippen LogP contribution in [-0.4, -0.2) is 24.1 Å². The number of ether oxygens (including phenoxy) is 2. The first-order valence-electron chi connectivity index (χ1n) is 10.5. The van der Waals surface area contributed by atoms with Crippen molar-refractivity contribution in [3.05, 3.63) is 70.8 Å². The van der Waals surface area contributed by atoms with Crippen molar-refractivity contribution >= 4 is 11.9 Å². The third kappa shape index (κ3) is 2.20. The van der Waals surface area contributed by atoms with Crippen molar-refractivity contribution in [1.82, 2.24) is 0 Å². The number of carbonyl (C=O) groups excluding carboxylic acids is 2. The summed E-state index contributed by atoms with van der Waals surface area (Å²) in [5.41, 5.74) is 4.46. The van der Waals surface area contributed by atoms with Crippen molar-refractivity contribution in [3.63, 3.8) is 0 Å². The van der Waals surface area contributed by atoms with Gasteiger partial charge in [0, 0.05) is 17.3 Å². The van der Waals surface area contributed by atoms with Gasteiger partial charge in [-0.1, -0.05) is 48.5 Å². The van der Waals surface area contributed by atoms with Crippen LogP contribution < -0.4 is 0 Å². The number of rotatable bonds is 4. The van der Waals surface area contributed by atoms with Crippen LogP contribution in [0.25, 0.3) is 0 Å². The predicted octanol–water partition coefficient (Wildman–Crippen LogP) is 4.32. The van der Waals surface area contributed by atoms with E-state index < -0.39 is 17.3 Å². The lowest BCUT2D eigenvalue weighted by atomic mass is 9.36. The number of fused-ring (bicyclic) bond motifs is 5. The van der Waals surface area contributed by atoms with E-state index in [2.05, 4.69) is 24.3 Å². The lowest BCUT2D eigenvalue weighted by Gasteiger charge is -2.64. The SMILES string of the molecule is CC(C)OC(=O)[C@H]1[C@@H](C(=O)OC(C)C)[C@@]23c4ccccc4[C@@H]2c2ccccc2[C@H]13. The molecule has 0 aromatic heterocycles. The van der Waals surface area contributed by atoms with E-state index in [1.54, 1.807) is 0 Å². The Hall–Kier alpha value is -2.62. The highest BCUT2D eigenvalue weighted by Crippen LogP contribution is 2.79. The second kappa shape index (κ2) is 6.19. The Morgan fingerprint density at radius 3 is 2.00 bits per heavy atom. The van der Waals surface area contributed by atoms with Gasteiger partial charge in [-0.2, -0.15) is 0 Å². The summed E-state index contributed by atoms with van der Waals surface area (Å²) < 4.78 is 11.3. The molecule has 0 heterocycles. The van der Waals surface area contributed by atoms with Gasteiger partial charge in [0.05, 0.1) is 24.0 Å². The van der Waals surface area contributed by atoms with Gasteiger partial charge in [-0.25, -0.2) is 0 Å². The minimum absolute atomic E-state index is 0.0467. The molecule has 3 aliphatic rings. The molecule has 0 N–H and O–H groups in total. The Kier molecular flexibility index (Phi) is 3.93. The Morgan fingerprint density at radius 2 is 1.34 bits per heavy atom. The van der Waals surface area contributed by atoms with Crippen LogP contribution in [0.4, 0.5) is 0 Å². The molecule has 0 amide bonds. The molecule has 2 aromatic rings. The molecule has 0 saturated heterocycles. The Labute approximate surface area is 171 Å². The van der Waals surface area contributed by atoms with Crippen LogP contribution >= 0.6 is 0 Å². The van der Waals surface area contributed by atoms with Gasteiger partial charge in [0.15, 0.2) is 0 Å². The average molecular weight is 390 g/mol. The summed E-state index contributed by atoms with van der Waals surface area (Å²) in [7, 11) is 0. The average Bonchev–Trinajstić information content (AvgIpc) is 2.81. The summed E-state index contributed by atoms with van der Waals surface area (Å²) in [4.78, 5) is 26.4. The molecule has 2 aromatic carbocycles. The maximum Gasteiger partial charge on any atom is 0.311 e. The second-order valence-electron chi connectivity index (χ2n) is 9.03. The van der Waals surface area contributed by atoms with Crippen molar-refractivity contribution in [2.75, 3.05) is 0 Å². The van der Waals surface area contributed by atoms with Crippen molar-refractivity contribution in [2.24, 2.45) is 11.8 Å². The summed E-state index contributed by atoms with van der Waals surface area (Å²) in [6.45, 7) is 7.39. The molecule has 29 heavy (non-hydrogen) atoms. The van der Waals surface area contributed by atoms with E-state index in [4.69, 9.17) is 9.47 Å². The third-order valence-corrected chi connectivity index (χ3v) is 6.84. The normalized spacial score (nSPS) is 30.4. The van der Waals surface area contributed by atoms with E-state index in [0.29, 0.717) is 0 Å². The molecule has 4 heteroatoms. The van der Waals surface area contributed by atoms with Crippen molar-refractivity contribution in [2.45, 2.75) is 57.2 Å². The van der Waals surface area contributed by atoms with E-state index in [9.17, 15) is 9.59 Å². The lowest BCUT2D eigenvalue weighted by Crippen LogP contribution is -2.68. The number of hydrogen-bond acceptors (Lipinski definition) is 4. The molecule has 4 nitrogen and oxygen atoms in total. The first-order valence-corrected chi connectivity index (χ1v) is 10.5. The van der Waals surface area contributed by atoms with Crippen LogP contribution in [0.2, 0.25) is 0 Å². The second-order valence-corrected chi connectivity index (χ2v) is 9.03. The topological polar surface area (TPSA) is 52.6 Å². The molecular weight excluding hydrogens is 364 g/mol. The predicted molar refractivity (Wildman–Crippen MR) is 109 cm³/mol. The van der Waals surface area contributed by atoms with E-state index >= 15 is 0 Å². The maximum atomic E-state index is 13.3. The fourth-order valence-electron chi connectivity index (χ4n) is 6.20. The Balaban J connectivity index is 1.68. The Morgan fingerprint density at radius 1 is 0.793 bits per heavy atom. The van der Waals surface area contributed by atoms with Crippen LogP contribution in [0.1, 0.15) is 61.8 Å². The minimum atomic E-state index is -0.520. The van der Waals surface area contributed by atoms with Gasteiger partial charge in [0.1, 0.15) is 0 Å². The van der Waals surface area contributed by atoms with E-state index in [1.807, 2.05) is 52.0 Å². The maximum absolute atomic E-state index is 13.3. The summed E-state index contributed by atoms with van der Waals surface area (Å²) in [5, 5.41) is 0. The van der Waals surface area contributed by atoms with Crippen molar-refractivity contribution in [1.29, 1.82) is 0 Å². The van der Waals surface area contributed by atoms with Gasteiger partial charge in [-0.05, 0) is 49.9 Å². The van der Waals surface area contributed by atoms with Gasteiger partial charge in [-0.3, -0.25) is 9.59 Å². The summed E-state index contributed by atoms with van der Waals surface area (Å²) in [6, 6.07) is 16.7. The van der Waals surface area contributed by atoms with Gasteiger partial charge >= 0.3 is 11.9 Å². The van der Waals surface area contributed by atoms with Crippen LogP contribution in [-0.2, 0) is 24.5 Å². The Bertz CT molecular complexity index is 1000. The number of esters is 2. The van der Waals surface area contributed by atoms with Gasteiger partial charge < -0.3 is 9.47 Å². The molecule has 1 fully saturated rings. The molecule has 3 aliphatic carbocycles. The lowest BCUT2D eigenvalue weighted by molar-refractivity contribution is -0.186. The van der Waals surface area contributed by atoms with Crippen LogP contribution in [0.3, 0.4) is 0 Å². The van der Waals surface area contributed by atoms with E-state index in [0.717, 1.165) is 0 Å². The first-order chi connectivity index (χ1) is 13.9. The van der Waals surface area contributed by atoms with Gasteiger partial charge in [0.2, 0.25) is 0 Å². The van der Waals surface area contributed by atoms with E-state index in [1.165, 1.54) is 22.3 Å². The van der Waals surface area contributed by atoms with Gasteiger partial charge in [-0.15, -0.1) is 0 Å². The smallest absolute Gasteiger partial charge is 0.311 e. The monoisotopic (exact) mass is 390 g/mol. The highest BCUT2D eigenvalue weighted by atomic mass is 16.6. The highest BCUT2D eigenvalue weighted by molar-refractivity contribution is 5.92. The molecule has 5 atom stereocenters. The fourth-order valence-corrected chi connectivity index (χ4v) is 6.20. The third-order valence-electron chi connectivity index (χ3n) is 6.84. The number of carbonyl (C=O) groups is 2. The van der Waals surface area contributed by atoms with E-state index in [-0.39, 0.29) is 36.0 Å². The molecule has 150 valence electrons. The minimum Gasteiger partial charge on any atom is -0.463 e. The van der Waals surface area contributed by atoms with Crippen LogP contribution in [0.5, 0.6) is 0 Å². The molecule has 0 aliphatic heterocycles. The quantitative estimate of drug-likeness (QED) is 0.730. The summed E-state index contributed by atoms with van der Waals surface area (Å²) in [6.07, 6.45) is -0.445. The molecule has 1 spiro atoms. The highest BCUT2D eigenvalue weighted by Gasteiger charge is 2.79. The first kappa shape index (κ1) is 18.4. The molecule has 1 saturated carbocycles. The summed E-state index contributed by atoms with van der Waals surface area (Å²) >= 11 is 0. The molecule has 0 unspecified atom stereocenters. The molecule has 5 rings (SSSR count). The number of hydrogen-bond donors (Lipinski definition) is 0. The summed E-state index contributed by atoms with van der Waals surface area (Å²) in [5.74, 6) is -1.52. The van der Waals surface area contributed by atoms with Crippen molar-refractivity contribution in [3.8, 4) is 0 Å². The zero-order valence-electron chi connectivity index (χ0n) is 17.2. The van der Waals surface area contributed by atoms with Crippen LogP contribution in [0, 0.1) is 11.8 Å². The fraction of sp³-hybridized carbons (Fsp3) is 0.440. The largest absolute Gasteiger partial charge is 0.463 e. The zero-order chi connectivity index (χ0) is 20.5. The van der Waals surface area contributed by atoms with Gasteiger partial charge in [0.25, 0.3) is 0 Å². The van der Waals surface area contributed by atoms with Crippen LogP contribution in [0.15, 0.2) is 48.5 Å². The number of benzene rings is 2. The molecular formula is C25H26O4. The molecule has 0 radical (unpaired) electrons. The zero-order valence-corrected chi connectivity index (χ0v) is 17.2. The van der Waals surface area contributed by atoms with Crippen molar-refractivity contribution < 1.29 is 19.1 Å².